The number of carbonyl (C=O) groups excluding carboxylic acids is 1. The number of carboxylic acid groups (broad SMARTS) is 1. The van der Waals surface area contributed by atoms with Crippen molar-refractivity contribution in [2.45, 2.75) is 13.3 Å². The van der Waals surface area contributed by atoms with Crippen molar-refractivity contribution in [3.05, 3.63) is 106 Å². The fourth-order valence-corrected chi connectivity index (χ4v) is 3.94. The van der Waals surface area contributed by atoms with Gasteiger partial charge in [0, 0.05) is 11.1 Å². The van der Waals surface area contributed by atoms with E-state index in [9.17, 15) is 19.1 Å². The van der Waals surface area contributed by atoms with Gasteiger partial charge in [-0.05, 0) is 82.8 Å². The molecule has 160 valence electrons. The number of ether oxygens (including phenoxy) is 1. The summed E-state index contributed by atoms with van der Waals surface area (Å²) in [6.07, 6.45) is 1.76. The summed E-state index contributed by atoms with van der Waals surface area (Å²) < 4.78 is 19.0. The third-order valence-corrected chi connectivity index (χ3v) is 5.62. The smallest absolute Gasteiger partial charge is 0.307 e. The Balaban J connectivity index is 1.66. The highest BCUT2D eigenvalue weighted by atomic mass is 19.1. The Hall–Kier alpha value is -3.99. The van der Waals surface area contributed by atoms with E-state index in [2.05, 4.69) is 0 Å². The van der Waals surface area contributed by atoms with Crippen molar-refractivity contribution in [1.82, 2.24) is 0 Å². The zero-order valence-electron chi connectivity index (χ0n) is 17.7. The lowest BCUT2D eigenvalue weighted by molar-refractivity contribution is -0.135. The first-order chi connectivity index (χ1) is 15.4. The number of carbonyl (C=O) groups is 2. The van der Waals surface area contributed by atoms with Crippen LogP contribution < -0.4 is 4.74 Å². The molecule has 0 aromatic heterocycles. The molecule has 5 heteroatoms. The average Bonchev–Trinajstić information content (AvgIpc) is 3.04. The fraction of sp³-hybridized carbons (Fsp3) is 0.111. The van der Waals surface area contributed by atoms with E-state index >= 15 is 0 Å². The van der Waals surface area contributed by atoms with Gasteiger partial charge in [0.1, 0.15) is 11.6 Å². The summed E-state index contributed by atoms with van der Waals surface area (Å²) in [5.74, 6) is -0.765. The summed E-state index contributed by atoms with van der Waals surface area (Å²) in [4.78, 5) is 24.1. The number of rotatable bonds is 6. The highest BCUT2D eigenvalue weighted by Gasteiger charge is 2.25. The molecule has 1 aliphatic carbocycles. The normalized spacial score (nSPS) is 13.9. The van der Waals surface area contributed by atoms with Crippen LogP contribution in [0.3, 0.4) is 0 Å². The van der Waals surface area contributed by atoms with Crippen molar-refractivity contribution in [2.24, 2.45) is 0 Å². The van der Waals surface area contributed by atoms with Crippen LogP contribution in [0, 0.1) is 5.82 Å². The molecule has 4 rings (SSSR count). The predicted octanol–water partition coefficient (Wildman–Crippen LogP) is 5.87. The number of fused-ring (bicyclic) bond motifs is 1. The minimum atomic E-state index is -0.961. The Morgan fingerprint density at radius 3 is 2.16 bits per heavy atom. The molecule has 0 amide bonds. The van der Waals surface area contributed by atoms with E-state index in [0.717, 1.165) is 22.3 Å². The standard InChI is InChI=1S/C27H21FO4/c1-16-23(22-12-9-20(28)14-25(22)24(16)15-26(29)30)13-17-3-5-18(6-4-17)27(31)19-7-10-21(32-2)11-8-19/h3-14H,15H2,1-2H3,(H,29,30)/b23-13+. The van der Waals surface area contributed by atoms with Crippen LogP contribution in [0.5, 0.6) is 5.75 Å². The van der Waals surface area contributed by atoms with Gasteiger partial charge < -0.3 is 9.84 Å². The number of halogens is 1. The number of allylic oxidation sites excluding steroid dienone is 2. The zero-order chi connectivity index (χ0) is 22.8. The first-order valence-corrected chi connectivity index (χ1v) is 10.1. The van der Waals surface area contributed by atoms with Crippen molar-refractivity contribution in [1.29, 1.82) is 0 Å². The second-order valence-corrected chi connectivity index (χ2v) is 7.60. The van der Waals surface area contributed by atoms with Crippen molar-refractivity contribution < 1.29 is 23.8 Å². The largest absolute Gasteiger partial charge is 0.497 e. The van der Waals surface area contributed by atoms with Gasteiger partial charge in [0.2, 0.25) is 0 Å². The van der Waals surface area contributed by atoms with Gasteiger partial charge in [-0.3, -0.25) is 9.59 Å². The molecule has 1 aliphatic rings. The average molecular weight is 428 g/mol. The number of methoxy groups -OCH3 is 1. The number of aliphatic carboxylic acids is 1. The minimum Gasteiger partial charge on any atom is -0.497 e. The summed E-state index contributed by atoms with van der Waals surface area (Å²) >= 11 is 0. The molecule has 32 heavy (non-hydrogen) atoms. The second kappa shape index (κ2) is 8.63. The van der Waals surface area contributed by atoms with Crippen LogP contribution in [-0.2, 0) is 4.79 Å². The molecule has 1 N–H and O–H groups in total. The molecular formula is C27H21FO4. The van der Waals surface area contributed by atoms with Gasteiger partial charge in [-0.25, -0.2) is 4.39 Å². The Bertz CT molecular complexity index is 1270. The van der Waals surface area contributed by atoms with Gasteiger partial charge in [0.15, 0.2) is 5.78 Å². The Labute approximate surface area is 185 Å². The van der Waals surface area contributed by atoms with E-state index in [4.69, 9.17) is 4.74 Å². The quantitative estimate of drug-likeness (QED) is 0.499. The second-order valence-electron chi connectivity index (χ2n) is 7.60. The van der Waals surface area contributed by atoms with Crippen LogP contribution in [0.2, 0.25) is 0 Å². The van der Waals surface area contributed by atoms with Crippen molar-refractivity contribution in [3.8, 4) is 5.75 Å². The maximum absolute atomic E-state index is 13.8. The van der Waals surface area contributed by atoms with Gasteiger partial charge in [0.25, 0.3) is 0 Å². The molecule has 3 aromatic rings. The molecule has 0 heterocycles. The van der Waals surface area contributed by atoms with Gasteiger partial charge in [0.05, 0.1) is 13.5 Å². The summed E-state index contributed by atoms with van der Waals surface area (Å²) in [6.45, 7) is 1.85. The van der Waals surface area contributed by atoms with Crippen LogP contribution >= 0.6 is 0 Å². The molecule has 4 nitrogen and oxygen atoms in total. The molecule has 0 saturated carbocycles. The number of carboxylic acids is 1. The van der Waals surface area contributed by atoms with E-state index in [1.54, 1.807) is 49.6 Å². The van der Waals surface area contributed by atoms with Crippen LogP contribution in [0.25, 0.3) is 17.2 Å². The highest BCUT2D eigenvalue weighted by Crippen LogP contribution is 2.43. The van der Waals surface area contributed by atoms with Crippen molar-refractivity contribution in [3.63, 3.8) is 0 Å². The van der Waals surface area contributed by atoms with Crippen molar-refractivity contribution in [2.75, 3.05) is 7.11 Å². The topological polar surface area (TPSA) is 63.6 Å². The van der Waals surface area contributed by atoms with Crippen LogP contribution in [0.4, 0.5) is 4.39 Å². The predicted molar refractivity (Wildman–Crippen MR) is 122 cm³/mol. The summed E-state index contributed by atoms with van der Waals surface area (Å²) in [6, 6.07) is 18.6. The third kappa shape index (κ3) is 4.10. The Kier molecular flexibility index (Phi) is 5.73. The lowest BCUT2D eigenvalue weighted by atomic mass is 9.98. The summed E-state index contributed by atoms with van der Waals surface area (Å²) in [7, 11) is 1.57. The van der Waals surface area contributed by atoms with E-state index in [1.807, 2.05) is 25.1 Å². The summed E-state index contributed by atoms with van der Waals surface area (Å²) in [5, 5.41) is 9.28. The van der Waals surface area contributed by atoms with Crippen LogP contribution in [0.15, 0.2) is 72.3 Å². The van der Waals surface area contributed by atoms with Gasteiger partial charge in [-0.15, -0.1) is 0 Å². The van der Waals surface area contributed by atoms with E-state index in [1.165, 1.54) is 12.1 Å². The fourth-order valence-electron chi connectivity index (χ4n) is 3.94. The minimum absolute atomic E-state index is 0.0895. The molecule has 0 unspecified atom stereocenters. The van der Waals surface area contributed by atoms with Gasteiger partial charge in [-0.2, -0.15) is 0 Å². The maximum Gasteiger partial charge on any atom is 0.307 e. The number of benzene rings is 3. The Morgan fingerprint density at radius 2 is 1.56 bits per heavy atom. The number of hydrogen-bond acceptors (Lipinski definition) is 3. The van der Waals surface area contributed by atoms with E-state index < -0.39 is 11.8 Å². The van der Waals surface area contributed by atoms with Gasteiger partial charge >= 0.3 is 5.97 Å². The molecule has 0 radical (unpaired) electrons. The molecule has 0 saturated heterocycles. The molecule has 0 atom stereocenters. The van der Waals surface area contributed by atoms with Gasteiger partial charge in [-0.1, -0.05) is 30.3 Å². The number of ketones is 1. The SMILES string of the molecule is COc1ccc(C(=O)c2ccc(/C=C3\C(C)=C(CC(=O)O)c4cc(F)ccc43)cc2)cc1. The maximum atomic E-state index is 13.8. The highest BCUT2D eigenvalue weighted by molar-refractivity contribution is 6.10. The summed E-state index contributed by atoms with van der Waals surface area (Å²) in [5.41, 5.74) is 5.69. The zero-order valence-corrected chi connectivity index (χ0v) is 17.7. The molecule has 0 fully saturated rings. The molecule has 0 bridgehead atoms. The number of hydrogen-bond donors (Lipinski definition) is 1. The molecular weight excluding hydrogens is 407 g/mol. The van der Waals surface area contributed by atoms with E-state index in [-0.39, 0.29) is 12.2 Å². The lowest BCUT2D eigenvalue weighted by Gasteiger charge is -2.06. The molecule has 3 aromatic carbocycles. The third-order valence-electron chi connectivity index (χ3n) is 5.62. The molecule has 0 aliphatic heterocycles. The lowest BCUT2D eigenvalue weighted by Crippen LogP contribution is -2.01. The van der Waals surface area contributed by atoms with Crippen molar-refractivity contribution >= 4 is 29.0 Å². The van der Waals surface area contributed by atoms with Crippen LogP contribution in [-0.4, -0.2) is 24.0 Å². The molecule has 0 spiro atoms. The first-order valence-electron chi connectivity index (χ1n) is 10.1. The monoisotopic (exact) mass is 428 g/mol. The van der Waals surface area contributed by atoms with Crippen LogP contribution in [0.1, 0.15) is 46.0 Å². The first kappa shape index (κ1) is 21.2. The van der Waals surface area contributed by atoms with E-state index in [0.29, 0.717) is 28.0 Å². The Morgan fingerprint density at radius 1 is 0.938 bits per heavy atom.